The van der Waals surface area contributed by atoms with Gasteiger partial charge in [-0.2, -0.15) is 25.3 Å². The molecule has 22 N–H and O–H groups in total. The van der Waals surface area contributed by atoms with E-state index in [4.69, 9.17) is 31.4 Å². The highest BCUT2D eigenvalue weighted by Gasteiger charge is 2.38. The number of ether oxygens (including phenoxy) is 3. The van der Waals surface area contributed by atoms with E-state index in [1.54, 1.807) is 61.1 Å². The Hall–Kier alpha value is -9.16. The fourth-order valence-electron chi connectivity index (χ4n) is 11.3. The van der Waals surface area contributed by atoms with Gasteiger partial charge in [-0.15, -0.1) is 0 Å². The molecule has 11 atom stereocenters. The highest BCUT2D eigenvalue weighted by Crippen LogP contribution is 2.16. The molecule has 1 heterocycles. The maximum absolute atomic E-state index is 14.5. The molecule has 0 bridgehead atoms. The third-order valence-electron chi connectivity index (χ3n) is 18.2. The number of aliphatic carboxylic acids is 5. The van der Waals surface area contributed by atoms with Crippen LogP contribution in [0.2, 0.25) is 0 Å². The summed E-state index contributed by atoms with van der Waals surface area (Å²) in [5.41, 5.74) is 16.6. The van der Waals surface area contributed by atoms with Crippen LogP contribution >= 0.6 is 25.3 Å². The highest BCUT2D eigenvalue weighted by molar-refractivity contribution is 7.80. The van der Waals surface area contributed by atoms with Crippen LogP contribution in [0.3, 0.4) is 0 Å². The van der Waals surface area contributed by atoms with E-state index in [1.165, 1.54) is 0 Å². The standard InChI is InChI=1S/C70H122N18O26S2/c1-7-42(5)60(68(108)80-45(12-14-51(72)89)64(104)78-44(11-9-10-17-71)63(103)81-48(32-52(73)90)66(106)79-46(13-15-56(94)95)65(105)82-50(39-116)70(110)111)84-69(109)61(43(6)8-2)83-67(107)47(31-41(3)4)76-54(92)33-74-62(102)49(38-115)77-53(91)16-26-112-27-28-113-29-30-114-40-75-55(93)34-85-18-20-86(35-57(96)97)22-24-88(37-59(100)101)25-23-87(21-19-85)36-58(98)99/h41-50,60-61,115-116H,7-40,71H2,1-6H3,(H2,72,89)(H2,73,90)(H,74,102)(H,75,93)(H,76,92)(H,77,91)(H,78,104)(H,79,106)(H,80,108)(H,81,103)(H,82,105)(H,83,107)(H,84,109)(H,94,95)(H,96,97)(H,98,99)(H,100,101)(H,110,111)/t42-,43-,44-,45-,46-,47-,48-,49-,50-,60-,61-/m0/s1. The summed E-state index contributed by atoms with van der Waals surface area (Å²) < 4.78 is 16.5. The molecule has 0 radical (unpaired) electrons. The first-order valence-electron chi connectivity index (χ1n) is 38.2. The smallest absolute Gasteiger partial charge is 0.327 e. The number of hydrogen-bond donors (Lipinski definition) is 21. The van der Waals surface area contributed by atoms with Gasteiger partial charge in [-0.1, -0.05) is 54.4 Å². The number of amides is 13. The van der Waals surface area contributed by atoms with E-state index in [0.29, 0.717) is 0 Å². The van der Waals surface area contributed by atoms with E-state index in [9.17, 15) is 112 Å². The lowest BCUT2D eigenvalue weighted by atomic mass is 9.94. The molecule has 0 unspecified atom stereocenters. The Kier molecular flexibility index (Phi) is 53.0. The van der Waals surface area contributed by atoms with Gasteiger partial charge in [0.1, 0.15) is 61.1 Å². The Morgan fingerprint density at radius 2 is 0.784 bits per heavy atom. The quantitative estimate of drug-likeness (QED) is 0.0153. The number of carboxylic acid groups (broad SMARTS) is 5. The summed E-state index contributed by atoms with van der Waals surface area (Å²) in [6.07, 6.45) is -2.57. The average molecular weight is 1700 g/mol. The monoisotopic (exact) mass is 1690 g/mol. The molecule has 116 heavy (non-hydrogen) atoms. The van der Waals surface area contributed by atoms with Crippen molar-refractivity contribution in [3.05, 3.63) is 0 Å². The first-order chi connectivity index (χ1) is 54.8. The molecule has 0 aliphatic carbocycles. The van der Waals surface area contributed by atoms with E-state index >= 15 is 0 Å². The summed E-state index contributed by atoms with van der Waals surface area (Å²) in [5, 5.41) is 74.3. The average Bonchev–Trinajstić information content (AvgIpc) is 0.840. The topological polar surface area (TPSA) is 659 Å². The molecule has 0 aromatic carbocycles. The molecule has 13 amide bonds. The molecule has 1 aliphatic heterocycles. The minimum absolute atomic E-state index is 0.0312. The van der Waals surface area contributed by atoms with Crippen LogP contribution in [0.15, 0.2) is 0 Å². The van der Waals surface area contributed by atoms with E-state index in [0.717, 1.165) is 0 Å². The Morgan fingerprint density at radius 1 is 0.388 bits per heavy atom. The number of carbonyl (C=O) groups is 18. The number of rotatable bonds is 59. The van der Waals surface area contributed by atoms with Crippen molar-refractivity contribution < 1.29 is 126 Å². The van der Waals surface area contributed by atoms with Gasteiger partial charge >= 0.3 is 29.8 Å². The molecule has 44 nitrogen and oxygen atoms in total. The zero-order valence-corrected chi connectivity index (χ0v) is 68.5. The molecular formula is C70H122N18O26S2. The van der Waals surface area contributed by atoms with Gasteiger partial charge in [-0.3, -0.25) is 101 Å². The van der Waals surface area contributed by atoms with Crippen molar-refractivity contribution in [2.75, 3.05) is 143 Å². The van der Waals surface area contributed by atoms with Gasteiger partial charge in [0.05, 0.1) is 72.2 Å². The number of carboxylic acids is 5. The van der Waals surface area contributed by atoms with Crippen molar-refractivity contribution in [2.45, 2.75) is 173 Å². The molecule has 1 rings (SSSR count). The zero-order chi connectivity index (χ0) is 87.6. The van der Waals surface area contributed by atoms with E-state index in [1.807, 2.05) is 0 Å². The van der Waals surface area contributed by atoms with Crippen LogP contribution in [0.25, 0.3) is 0 Å². The summed E-state index contributed by atoms with van der Waals surface area (Å²) >= 11 is 8.07. The number of unbranched alkanes of at least 4 members (excludes halogenated alkanes) is 1. The molecule has 1 saturated heterocycles. The highest BCUT2D eigenvalue weighted by atomic mass is 32.1. The maximum atomic E-state index is 14.5. The van der Waals surface area contributed by atoms with Crippen molar-refractivity contribution in [1.82, 2.24) is 78.1 Å². The van der Waals surface area contributed by atoms with Crippen molar-refractivity contribution in [3.8, 4) is 0 Å². The van der Waals surface area contributed by atoms with Crippen LogP contribution in [0.5, 0.6) is 0 Å². The third kappa shape index (κ3) is 46.0. The Labute approximate surface area is 684 Å². The summed E-state index contributed by atoms with van der Waals surface area (Å²) in [6.45, 7) is 10.5. The Bertz CT molecular complexity index is 3190. The summed E-state index contributed by atoms with van der Waals surface area (Å²) in [4.78, 5) is 240. The van der Waals surface area contributed by atoms with Crippen LogP contribution in [0.1, 0.15) is 119 Å². The zero-order valence-electron chi connectivity index (χ0n) is 66.7. The molecule has 46 heteroatoms. The van der Waals surface area contributed by atoms with Crippen LogP contribution in [-0.4, -0.2) is 349 Å². The lowest BCUT2D eigenvalue weighted by Gasteiger charge is -2.32. The SMILES string of the molecule is CC[C@H](C)[C@H](NC(=O)[C@H](CC(C)C)NC(=O)CNC(=O)[C@H](CS)NC(=O)CCOCCOCCOCNC(=O)CN1CCN(CC(=O)O)CCN(CC(=O)O)CCN(CC(=O)O)CC1)C(=O)N[C@H](C(=O)N[C@@H](CCC(N)=O)C(=O)N[C@@H](CCCCN)C(=O)N[C@@H](CC(N)=O)C(=O)N[C@@H](CCC(=O)O)C(=O)N[C@@H](CS)C(=O)O)[C@@H](C)CC. The van der Waals surface area contributed by atoms with Gasteiger partial charge in [0, 0.05) is 83.1 Å². The van der Waals surface area contributed by atoms with Crippen LogP contribution in [0, 0.1) is 17.8 Å². The summed E-state index contributed by atoms with van der Waals surface area (Å²) in [5.74, 6) is -20.3. The molecule has 1 aliphatic rings. The van der Waals surface area contributed by atoms with Gasteiger partial charge in [0.25, 0.3) is 0 Å². The molecule has 0 aromatic heterocycles. The normalized spacial score (nSPS) is 16.1. The third-order valence-corrected chi connectivity index (χ3v) is 18.9. The van der Waals surface area contributed by atoms with Gasteiger partial charge in [-0.05, 0) is 62.8 Å². The second-order valence-corrected chi connectivity index (χ2v) is 28.9. The lowest BCUT2D eigenvalue weighted by Crippen LogP contribution is -2.62. The van der Waals surface area contributed by atoms with Crippen LogP contribution in [0.4, 0.5) is 0 Å². The number of thiol groups is 2. The second-order valence-electron chi connectivity index (χ2n) is 28.1. The fourth-order valence-corrected chi connectivity index (χ4v) is 11.8. The maximum Gasteiger partial charge on any atom is 0.327 e. The molecular weight excluding hydrogens is 1570 g/mol. The van der Waals surface area contributed by atoms with Crippen molar-refractivity contribution >= 4 is 132 Å². The predicted molar refractivity (Wildman–Crippen MR) is 420 cm³/mol. The van der Waals surface area contributed by atoms with Crippen LogP contribution < -0.4 is 75.7 Å². The Morgan fingerprint density at radius 3 is 1.22 bits per heavy atom. The molecule has 0 saturated carbocycles. The molecule has 660 valence electrons. The van der Waals surface area contributed by atoms with Crippen molar-refractivity contribution in [3.63, 3.8) is 0 Å². The number of nitrogens with zero attached hydrogens (tertiary/aromatic N) is 4. The first kappa shape index (κ1) is 105. The number of nitrogens with two attached hydrogens (primary N) is 3. The lowest BCUT2D eigenvalue weighted by molar-refractivity contribution is -0.142. The number of primary amides is 2. The van der Waals surface area contributed by atoms with E-state index in [-0.39, 0.29) is 181 Å². The van der Waals surface area contributed by atoms with E-state index in [2.05, 4.69) is 83.7 Å². The largest absolute Gasteiger partial charge is 0.481 e. The predicted octanol–water partition coefficient (Wildman–Crippen LogP) is -7.33. The van der Waals surface area contributed by atoms with Gasteiger partial charge in [0.2, 0.25) is 76.8 Å². The Balaban J connectivity index is 3.03. The molecule has 0 aromatic rings. The number of carbonyl (C=O) groups excluding carboxylic acids is 13. The van der Waals surface area contributed by atoms with Crippen molar-refractivity contribution in [2.24, 2.45) is 35.0 Å². The molecule has 1 fully saturated rings. The van der Waals surface area contributed by atoms with Gasteiger partial charge < -0.3 is 115 Å². The summed E-state index contributed by atoms with van der Waals surface area (Å²) in [6, 6.07) is -13.8. The van der Waals surface area contributed by atoms with Gasteiger partial charge in [-0.25, -0.2) is 4.79 Å². The fraction of sp³-hybridized carbons (Fsp3) is 0.743. The second kappa shape index (κ2) is 58.6. The summed E-state index contributed by atoms with van der Waals surface area (Å²) in [7, 11) is 0. The minimum Gasteiger partial charge on any atom is -0.481 e. The number of hydrogen-bond acceptors (Lipinski definition) is 28. The molecule has 0 spiro atoms. The van der Waals surface area contributed by atoms with Crippen molar-refractivity contribution in [1.29, 1.82) is 0 Å². The van der Waals surface area contributed by atoms with E-state index < -0.39 is 217 Å². The number of nitrogens with one attached hydrogen (secondary N) is 11. The van der Waals surface area contributed by atoms with Crippen LogP contribution in [-0.2, 0) is 101 Å². The van der Waals surface area contributed by atoms with Gasteiger partial charge in [0.15, 0.2) is 0 Å². The first-order valence-corrected chi connectivity index (χ1v) is 39.5. The minimum atomic E-state index is -1.89.